The minimum absolute atomic E-state index is 0.0351. The lowest BCUT2D eigenvalue weighted by atomic mass is 10.1. The summed E-state index contributed by atoms with van der Waals surface area (Å²) in [7, 11) is 0. The lowest BCUT2D eigenvalue weighted by Gasteiger charge is -2.06. The third-order valence-corrected chi connectivity index (χ3v) is 4.36. The number of amides is 2. The number of ketones is 1. The van der Waals surface area contributed by atoms with Gasteiger partial charge >= 0.3 is 6.03 Å². The minimum Gasteiger partial charge on any atom is -0.332 e. The Balaban J connectivity index is 1.51. The Morgan fingerprint density at radius 2 is 1.73 bits per heavy atom. The summed E-state index contributed by atoms with van der Waals surface area (Å²) in [5, 5.41) is 11.3. The quantitative estimate of drug-likeness (QED) is 0.564. The van der Waals surface area contributed by atoms with Gasteiger partial charge in [0.2, 0.25) is 0 Å². The molecule has 3 N–H and O–H groups in total. The molecule has 7 heteroatoms. The van der Waals surface area contributed by atoms with Gasteiger partial charge in [-0.05, 0) is 43.3 Å². The van der Waals surface area contributed by atoms with Crippen LogP contribution in [0.5, 0.6) is 0 Å². The van der Waals surface area contributed by atoms with Crippen LogP contribution in [-0.4, -0.2) is 16.8 Å². The summed E-state index contributed by atoms with van der Waals surface area (Å²) in [4.78, 5) is 27.6. The summed E-state index contributed by atoms with van der Waals surface area (Å²) in [5.41, 5.74) is 3.02. The predicted molar refractivity (Wildman–Crippen MR) is 104 cm³/mol. The van der Waals surface area contributed by atoms with Crippen molar-refractivity contribution in [3.8, 4) is 0 Å². The number of Topliss-reactive ketones (excluding diaryl/α,β-unsaturated/α-hetero) is 1. The maximum atomic E-state index is 11.9. The molecule has 2 amide bonds. The lowest BCUT2D eigenvalue weighted by Crippen LogP contribution is -2.28. The zero-order valence-corrected chi connectivity index (χ0v) is 15.0. The highest BCUT2D eigenvalue weighted by atomic mass is 32.1. The van der Waals surface area contributed by atoms with E-state index in [1.165, 1.54) is 18.3 Å². The SMILES string of the molecule is CC(=O)c1ccc(Nc2nc(CNC(=O)Nc3ccccc3)cs2)cc1. The maximum absolute atomic E-state index is 11.9. The minimum atomic E-state index is -0.279. The number of urea groups is 1. The van der Waals surface area contributed by atoms with Crippen LogP contribution in [0.2, 0.25) is 0 Å². The average Bonchev–Trinajstić information content (AvgIpc) is 3.09. The Morgan fingerprint density at radius 3 is 2.42 bits per heavy atom. The molecule has 132 valence electrons. The topological polar surface area (TPSA) is 83.1 Å². The molecule has 0 fully saturated rings. The summed E-state index contributed by atoms with van der Waals surface area (Å²) < 4.78 is 0. The van der Waals surface area contributed by atoms with Gasteiger partial charge in [0.1, 0.15) is 0 Å². The molecule has 1 heterocycles. The van der Waals surface area contributed by atoms with E-state index >= 15 is 0 Å². The first-order valence-corrected chi connectivity index (χ1v) is 8.90. The van der Waals surface area contributed by atoms with E-state index in [2.05, 4.69) is 20.9 Å². The summed E-state index contributed by atoms with van der Waals surface area (Å²) in [6, 6.07) is 16.2. The Bertz CT molecular complexity index is 891. The highest BCUT2D eigenvalue weighted by molar-refractivity contribution is 7.13. The second kappa shape index (κ2) is 8.26. The van der Waals surface area contributed by atoms with Gasteiger partial charge in [-0.1, -0.05) is 18.2 Å². The average molecular weight is 366 g/mol. The summed E-state index contributed by atoms with van der Waals surface area (Å²) >= 11 is 1.45. The van der Waals surface area contributed by atoms with Crippen LogP contribution in [0.3, 0.4) is 0 Å². The molecule has 0 atom stereocenters. The Hall–Kier alpha value is -3.19. The molecule has 26 heavy (non-hydrogen) atoms. The largest absolute Gasteiger partial charge is 0.332 e. The first-order chi connectivity index (χ1) is 12.6. The fourth-order valence-corrected chi connectivity index (χ4v) is 2.96. The van der Waals surface area contributed by atoms with E-state index in [0.29, 0.717) is 12.1 Å². The molecular weight excluding hydrogens is 348 g/mol. The van der Waals surface area contributed by atoms with Gasteiger partial charge in [0.15, 0.2) is 10.9 Å². The molecule has 0 aliphatic rings. The van der Waals surface area contributed by atoms with Crippen LogP contribution in [0.1, 0.15) is 23.0 Å². The number of nitrogens with zero attached hydrogens (tertiary/aromatic N) is 1. The van der Waals surface area contributed by atoms with Crippen LogP contribution in [0.15, 0.2) is 60.0 Å². The van der Waals surface area contributed by atoms with Gasteiger partial charge in [-0.15, -0.1) is 11.3 Å². The fraction of sp³-hybridized carbons (Fsp3) is 0.105. The van der Waals surface area contributed by atoms with Crippen molar-refractivity contribution >= 4 is 39.7 Å². The molecule has 0 saturated carbocycles. The molecule has 0 bridgehead atoms. The van der Waals surface area contributed by atoms with Gasteiger partial charge < -0.3 is 16.0 Å². The van der Waals surface area contributed by atoms with Crippen LogP contribution < -0.4 is 16.0 Å². The standard InChI is InChI=1S/C19H18N4O2S/c1-13(24)14-7-9-16(10-8-14)22-19-23-17(12-26-19)11-20-18(25)21-15-5-3-2-4-6-15/h2-10,12H,11H2,1H3,(H,22,23)(H2,20,21,25). The molecule has 0 spiro atoms. The van der Waals surface area contributed by atoms with Crippen LogP contribution in [0.4, 0.5) is 21.3 Å². The number of carbonyl (C=O) groups is 2. The van der Waals surface area contributed by atoms with Gasteiger partial charge in [0.25, 0.3) is 0 Å². The number of benzene rings is 2. The van der Waals surface area contributed by atoms with Crippen molar-refractivity contribution < 1.29 is 9.59 Å². The van der Waals surface area contributed by atoms with Crippen molar-refractivity contribution in [2.24, 2.45) is 0 Å². The van der Waals surface area contributed by atoms with Crippen LogP contribution in [0, 0.1) is 0 Å². The molecular formula is C19H18N4O2S. The van der Waals surface area contributed by atoms with E-state index in [-0.39, 0.29) is 11.8 Å². The van der Waals surface area contributed by atoms with Crippen LogP contribution in [0.25, 0.3) is 0 Å². The van der Waals surface area contributed by atoms with Gasteiger partial charge in [-0.2, -0.15) is 0 Å². The normalized spacial score (nSPS) is 10.2. The van der Waals surface area contributed by atoms with E-state index < -0.39 is 0 Å². The van der Waals surface area contributed by atoms with Gasteiger partial charge in [0, 0.05) is 22.3 Å². The number of hydrogen-bond acceptors (Lipinski definition) is 5. The zero-order valence-electron chi connectivity index (χ0n) is 14.2. The number of hydrogen-bond donors (Lipinski definition) is 3. The molecule has 0 radical (unpaired) electrons. The van der Waals surface area contributed by atoms with E-state index in [1.54, 1.807) is 12.1 Å². The third kappa shape index (κ3) is 4.90. The van der Waals surface area contributed by atoms with Crippen molar-refractivity contribution in [2.45, 2.75) is 13.5 Å². The Labute approximate surface area is 155 Å². The van der Waals surface area contributed by atoms with Crippen molar-refractivity contribution in [3.05, 3.63) is 71.2 Å². The monoisotopic (exact) mass is 366 g/mol. The number of rotatable bonds is 6. The van der Waals surface area contributed by atoms with E-state index in [9.17, 15) is 9.59 Å². The smallest absolute Gasteiger partial charge is 0.319 e. The second-order valence-electron chi connectivity index (χ2n) is 5.58. The molecule has 0 aliphatic carbocycles. The molecule has 0 saturated heterocycles. The number of anilines is 3. The molecule has 0 aliphatic heterocycles. The van der Waals surface area contributed by atoms with Crippen molar-refractivity contribution in [1.82, 2.24) is 10.3 Å². The summed E-state index contributed by atoms with van der Waals surface area (Å²) in [5.74, 6) is 0.0351. The molecule has 0 unspecified atom stereocenters. The van der Waals surface area contributed by atoms with Gasteiger partial charge in [-0.3, -0.25) is 4.79 Å². The first-order valence-electron chi connectivity index (χ1n) is 8.02. The van der Waals surface area contributed by atoms with Crippen LogP contribution >= 0.6 is 11.3 Å². The Kier molecular flexibility index (Phi) is 5.60. The predicted octanol–water partition coefficient (Wildman–Crippen LogP) is 4.41. The molecule has 3 rings (SSSR count). The number of carbonyl (C=O) groups excluding carboxylic acids is 2. The van der Waals surface area contributed by atoms with E-state index in [1.807, 2.05) is 47.8 Å². The number of thiazole rings is 1. The number of aromatic nitrogens is 1. The Morgan fingerprint density at radius 1 is 1.00 bits per heavy atom. The summed E-state index contributed by atoms with van der Waals surface area (Å²) in [6.45, 7) is 1.87. The first kappa shape index (κ1) is 17.6. The molecule has 6 nitrogen and oxygen atoms in total. The number of nitrogens with one attached hydrogen (secondary N) is 3. The summed E-state index contributed by atoms with van der Waals surface area (Å²) in [6.07, 6.45) is 0. The van der Waals surface area contributed by atoms with E-state index in [0.717, 1.165) is 22.2 Å². The maximum Gasteiger partial charge on any atom is 0.319 e. The lowest BCUT2D eigenvalue weighted by molar-refractivity contribution is 0.101. The molecule has 3 aromatic rings. The number of para-hydroxylation sites is 1. The zero-order chi connectivity index (χ0) is 18.4. The van der Waals surface area contributed by atoms with Gasteiger partial charge in [0.05, 0.1) is 12.2 Å². The van der Waals surface area contributed by atoms with Crippen molar-refractivity contribution in [2.75, 3.05) is 10.6 Å². The van der Waals surface area contributed by atoms with E-state index in [4.69, 9.17) is 0 Å². The highest BCUT2D eigenvalue weighted by Gasteiger charge is 2.06. The molecule has 2 aromatic carbocycles. The van der Waals surface area contributed by atoms with Crippen molar-refractivity contribution in [3.63, 3.8) is 0 Å². The highest BCUT2D eigenvalue weighted by Crippen LogP contribution is 2.21. The second-order valence-corrected chi connectivity index (χ2v) is 6.43. The van der Waals surface area contributed by atoms with Crippen molar-refractivity contribution in [1.29, 1.82) is 0 Å². The fourth-order valence-electron chi connectivity index (χ4n) is 2.22. The van der Waals surface area contributed by atoms with Crippen LogP contribution in [-0.2, 0) is 6.54 Å². The molecule has 1 aromatic heterocycles. The third-order valence-electron chi connectivity index (χ3n) is 3.56. The van der Waals surface area contributed by atoms with Gasteiger partial charge in [-0.25, -0.2) is 9.78 Å².